The Balaban J connectivity index is 2.25. The fraction of sp³-hybridized carbons (Fsp3) is 0. The lowest BCUT2D eigenvalue weighted by atomic mass is 10.2. The fourth-order valence-electron chi connectivity index (χ4n) is 1.44. The van der Waals surface area contributed by atoms with Crippen molar-refractivity contribution in [2.75, 3.05) is 5.32 Å². The molecule has 1 N–H and O–H groups in total. The van der Waals surface area contributed by atoms with Crippen LogP contribution in [0.25, 0.3) is 0 Å². The highest BCUT2D eigenvalue weighted by Gasteiger charge is 2.13. The van der Waals surface area contributed by atoms with Crippen LogP contribution in [-0.4, -0.2) is 5.91 Å². The van der Waals surface area contributed by atoms with E-state index in [-0.39, 0.29) is 10.0 Å². The highest BCUT2D eigenvalue weighted by atomic mass is 79.9. The lowest BCUT2D eigenvalue weighted by Gasteiger charge is -2.07. The molecule has 2 nitrogen and oxygen atoms in total. The van der Waals surface area contributed by atoms with Crippen LogP contribution >= 0.6 is 31.9 Å². The second kappa shape index (κ2) is 5.79. The van der Waals surface area contributed by atoms with E-state index in [0.717, 1.165) is 0 Å². The van der Waals surface area contributed by atoms with Crippen molar-refractivity contribution in [2.45, 2.75) is 0 Å². The first-order chi connectivity index (χ1) is 8.97. The molecular weight excluding hydrogens is 384 g/mol. The van der Waals surface area contributed by atoms with Gasteiger partial charge in [0, 0.05) is 10.2 Å². The molecule has 0 spiro atoms. The normalized spacial score (nSPS) is 10.3. The van der Waals surface area contributed by atoms with Crippen molar-refractivity contribution in [3.8, 4) is 0 Å². The third-order valence-electron chi connectivity index (χ3n) is 2.35. The molecule has 0 aromatic heterocycles. The van der Waals surface area contributed by atoms with Gasteiger partial charge in [-0.25, -0.2) is 8.78 Å². The van der Waals surface area contributed by atoms with Crippen molar-refractivity contribution in [3.63, 3.8) is 0 Å². The van der Waals surface area contributed by atoms with Crippen LogP contribution in [0.4, 0.5) is 14.5 Å². The molecule has 19 heavy (non-hydrogen) atoms. The Bertz CT molecular complexity index is 647. The monoisotopic (exact) mass is 389 g/mol. The summed E-state index contributed by atoms with van der Waals surface area (Å²) in [5, 5.41) is 2.50. The minimum absolute atomic E-state index is 0.0881. The molecule has 0 bridgehead atoms. The van der Waals surface area contributed by atoms with Crippen LogP contribution < -0.4 is 5.32 Å². The first kappa shape index (κ1) is 14.1. The van der Waals surface area contributed by atoms with E-state index >= 15 is 0 Å². The number of amides is 1. The van der Waals surface area contributed by atoms with Crippen molar-refractivity contribution in [1.82, 2.24) is 0 Å². The molecule has 0 saturated heterocycles. The van der Waals surface area contributed by atoms with Crippen molar-refractivity contribution in [1.29, 1.82) is 0 Å². The summed E-state index contributed by atoms with van der Waals surface area (Å²) >= 11 is 6.18. The molecule has 98 valence electrons. The van der Waals surface area contributed by atoms with E-state index in [1.165, 1.54) is 36.4 Å². The number of hydrogen-bond acceptors (Lipinski definition) is 1. The molecule has 0 aliphatic carbocycles. The van der Waals surface area contributed by atoms with Gasteiger partial charge in [0.25, 0.3) is 5.91 Å². The van der Waals surface area contributed by atoms with E-state index in [1.807, 2.05) is 0 Å². The highest BCUT2D eigenvalue weighted by molar-refractivity contribution is 9.10. The van der Waals surface area contributed by atoms with Crippen molar-refractivity contribution in [3.05, 3.63) is 62.5 Å². The second-order valence-electron chi connectivity index (χ2n) is 3.71. The van der Waals surface area contributed by atoms with Gasteiger partial charge in [-0.15, -0.1) is 0 Å². The van der Waals surface area contributed by atoms with E-state index < -0.39 is 17.5 Å². The molecule has 0 radical (unpaired) electrons. The summed E-state index contributed by atoms with van der Waals surface area (Å²) in [6, 6.07) is 8.08. The molecule has 2 aromatic rings. The standard InChI is InChI=1S/C13H7Br2F2NO/c14-7-1-3-11(16)9(5-7)13(19)18-8-2-4-12(17)10(15)6-8/h1-6H,(H,18,19). The van der Waals surface area contributed by atoms with Crippen molar-refractivity contribution >= 4 is 43.5 Å². The number of hydrogen-bond donors (Lipinski definition) is 1. The Morgan fingerprint density at radius 2 is 1.68 bits per heavy atom. The second-order valence-corrected chi connectivity index (χ2v) is 5.48. The Morgan fingerprint density at radius 3 is 2.37 bits per heavy atom. The molecule has 0 fully saturated rings. The highest BCUT2D eigenvalue weighted by Crippen LogP contribution is 2.21. The molecule has 1 amide bonds. The van der Waals surface area contributed by atoms with Crippen LogP contribution in [0, 0.1) is 11.6 Å². The maximum atomic E-state index is 13.5. The maximum Gasteiger partial charge on any atom is 0.258 e. The average Bonchev–Trinajstić information content (AvgIpc) is 2.36. The molecule has 0 heterocycles. The molecule has 0 saturated carbocycles. The fourth-order valence-corrected chi connectivity index (χ4v) is 2.18. The molecule has 0 atom stereocenters. The number of halogens is 4. The smallest absolute Gasteiger partial charge is 0.258 e. The number of nitrogens with one attached hydrogen (secondary N) is 1. The van der Waals surface area contributed by atoms with Crippen LogP contribution in [0.15, 0.2) is 45.3 Å². The average molecular weight is 391 g/mol. The largest absolute Gasteiger partial charge is 0.322 e. The quantitative estimate of drug-likeness (QED) is 0.788. The Hall–Kier alpha value is -1.27. The summed E-state index contributed by atoms with van der Waals surface area (Å²) in [7, 11) is 0. The maximum absolute atomic E-state index is 13.5. The molecule has 0 aliphatic rings. The van der Waals surface area contributed by atoms with E-state index in [4.69, 9.17) is 0 Å². The molecule has 0 unspecified atom stereocenters. The number of rotatable bonds is 2. The van der Waals surface area contributed by atoms with E-state index in [1.54, 1.807) is 0 Å². The van der Waals surface area contributed by atoms with Crippen molar-refractivity contribution < 1.29 is 13.6 Å². The van der Waals surface area contributed by atoms with E-state index in [0.29, 0.717) is 10.2 Å². The van der Waals surface area contributed by atoms with Gasteiger partial charge in [-0.2, -0.15) is 0 Å². The van der Waals surface area contributed by atoms with Gasteiger partial charge in [-0.05, 0) is 52.3 Å². The number of benzene rings is 2. The SMILES string of the molecule is O=C(Nc1ccc(F)c(Br)c1)c1cc(Br)ccc1F. The Morgan fingerprint density at radius 1 is 1.00 bits per heavy atom. The van der Waals surface area contributed by atoms with Crippen LogP contribution in [0.2, 0.25) is 0 Å². The summed E-state index contributed by atoms with van der Waals surface area (Å²) < 4.78 is 27.4. The van der Waals surface area contributed by atoms with Gasteiger partial charge in [-0.3, -0.25) is 4.79 Å². The summed E-state index contributed by atoms with van der Waals surface area (Å²) in [5.41, 5.74) is 0.285. The zero-order chi connectivity index (χ0) is 14.0. The lowest BCUT2D eigenvalue weighted by Crippen LogP contribution is -2.13. The summed E-state index contributed by atoms with van der Waals surface area (Å²) in [5.74, 6) is -1.66. The minimum atomic E-state index is -0.623. The van der Waals surface area contributed by atoms with Gasteiger partial charge in [0.15, 0.2) is 0 Å². The van der Waals surface area contributed by atoms with Gasteiger partial charge in [0.2, 0.25) is 0 Å². The topological polar surface area (TPSA) is 29.1 Å². The molecule has 2 aromatic carbocycles. The van der Waals surface area contributed by atoms with E-state index in [9.17, 15) is 13.6 Å². The predicted octanol–water partition coefficient (Wildman–Crippen LogP) is 4.74. The Kier molecular flexibility index (Phi) is 4.31. The van der Waals surface area contributed by atoms with Crippen LogP contribution in [0.5, 0.6) is 0 Å². The minimum Gasteiger partial charge on any atom is -0.322 e. The molecular formula is C13H7Br2F2NO. The number of carbonyl (C=O) groups is 1. The third kappa shape index (κ3) is 3.39. The van der Waals surface area contributed by atoms with E-state index in [2.05, 4.69) is 37.2 Å². The zero-order valence-electron chi connectivity index (χ0n) is 9.38. The first-order valence-electron chi connectivity index (χ1n) is 5.19. The lowest BCUT2D eigenvalue weighted by molar-refractivity contribution is 0.102. The predicted molar refractivity (Wildman–Crippen MR) is 76.2 cm³/mol. The first-order valence-corrected chi connectivity index (χ1v) is 6.77. The summed E-state index contributed by atoms with van der Waals surface area (Å²) in [6.45, 7) is 0. The summed E-state index contributed by atoms with van der Waals surface area (Å²) in [4.78, 5) is 11.9. The Labute approximate surface area is 125 Å². The van der Waals surface area contributed by atoms with Crippen LogP contribution in [0.1, 0.15) is 10.4 Å². The molecule has 0 aliphatic heterocycles. The van der Waals surface area contributed by atoms with Crippen LogP contribution in [-0.2, 0) is 0 Å². The van der Waals surface area contributed by atoms with Crippen molar-refractivity contribution in [2.24, 2.45) is 0 Å². The summed E-state index contributed by atoms with van der Waals surface area (Å²) in [6.07, 6.45) is 0. The van der Waals surface area contributed by atoms with Gasteiger partial charge in [0.05, 0.1) is 10.0 Å². The number of anilines is 1. The van der Waals surface area contributed by atoms with Gasteiger partial charge < -0.3 is 5.32 Å². The van der Waals surface area contributed by atoms with Crippen LogP contribution in [0.3, 0.4) is 0 Å². The van der Waals surface area contributed by atoms with Gasteiger partial charge in [-0.1, -0.05) is 15.9 Å². The number of carbonyl (C=O) groups excluding carboxylic acids is 1. The zero-order valence-corrected chi connectivity index (χ0v) is 12.6. The third-order valence-corrected chi connectivity index (χ3v) is 3.45. The molecule has 2 rings (SSSR count). The van der Waals surface area contributed by atoms with Gasteiger partial charge in [0.1, 0.15) is 11.6 Å². The van der Waals surface area contributed by atoms with Gasteiger partial charge >= 0.3 is 0 Å². The molecule has 6 heteroatoms.